The minimum absolute atomic E-state index is 0.214. The molecule has 2 N–H and O–H groups in total. The van der Waals surface area contributed by atoms with Crippen LogP contribution in [0.2, 0.25) is 0 Å². The second kappa shape index (κ2) is 6.27. The average Bonchev–Trinajstić information content (AvgIpc) is 2.11. The first kappa shape index (κ1) is 16.3. The number of hydrogen-bond acceptors (Lipinski definition) is 2. The molecule has 16 heavy (non-hydrogen) atoms. The topological polar surface area (TPSA) is 32.3 Å². The van der Waals surface area contributed by atoms with Crippen molar-refractivity contribution >= 4 is 10.0 Å². The number of hydrogen-bond donors (Lipinski definition) is 2. The van der Waals surface area contributed by atoms with Crippen LogP contribution in [0.15, 0.2) is 0 Å². The van der Waals surface area contributed by atoms with Gasteiger partial charge < -0.3 is 10.4 Å². The molecule has 0 aliphatic carbocycles. The van der Waals surface area contributed by atoms with Gasteiger partial charge in [0.2, 0.25) is 0 Å². The lowest BCUT2D eigenvalue weighted by atomic mass is 10.1. The first-order chi connectivity index (χ1) is 7.15. The standard InChI is InChI=1S/C13H31NOS/c1-8-9-11(14-5)12(15)10-16(6,7)13(2,3)4/h11-12,14-15H,8-10H2,1-7H3. The fourth-order valence-electron chi connectivity index (χ4n) is 1.63. The Morgan fingerprint density at radius 1 is 1.25 bits per heavy atom. The summed E-state index contributed by atoms with van der Waals surface area (Å²) in [7, 11) is 1.19. The van der Waals surface area contributed by atoms with Crippen molar-refractivity contribution in [2.75, 3.05) is 25.3 Å². The summed E-state index contributed by atoms with van der Waals surface area (Å²) < 4.78 is 0.304. The molecule has 2 nitrogen and oxygen atoms in total. The van der Waals surface area contributed by atoms with Crippen molar-refractivity contribution in [2.45, 2.75) is 57.4 Å². The normalized spacial score (nSPS) is 18.2. The molecule has 0 rings (SSSR count). The van der Waals surface area contributed by atoms with E-state index in [9.17, 15) is 5.11 Å². The van der Waals surface area contributed by atoms with Gasteiger partial charge in [0, 0.05) is 11.8 Å². The van der Waals surface area contributed by atoms with Crippen LogP contribution in [0.5, 0.6) is 0 Å². The summed E-state index contributed by atoms with van der Waals surface area (Å²) in [5, 5.41) is 13.5. The number of aliphatic hydroxyl groups excluding tert-OH is 1. The SMILES string of the molecule is CCCC(NC)C(O)CS(C)(C)C(C)(C)C. The number of rotatable bonds is 6. The molecular weight excluding hydrogens is 218 g/mol. The zero-order valence-corrected chi connectivity index (χ0v) is 12.9. The monoisotopic (exact) mass is 249 g/mol. The third-order valence-corrected chi connectivity index (χ3v) is 8.17. The zero-order valence-electron chi connectivity index (χ0n) is 12.1. The van der Waals surface area contributed by atoms with Crippen molar-refractivity contribution in [3.05, 3.63) is 0 Å². The van der Waals surface area contributed by atoms with Gasteiger partial charge in [-0.15, -0.1) is 0 Å². The van der Waals surface area contributed by atoms with E-state index in [2.05, 4.69) is 45.5 Å². The number of nitrogens with one attached hydrogen (secondary N) is 1. The molecular formula is C13H31NOS. The second-order valence-electron chi connectivity index (χ2n) is 6.07. The van der Waals surface area contributed by atoms with Crippen LogP contribution in [-0.2, 0) is 0 Å². The lowest BCUT2D eigenvalue weighted by molar-refractivity contribution is 0.147. The lowest BCUT2D eigenvalue weighted by Gasteiger charge is -2.46. The molecule has 0 radical (unpaired) electrons. The van der Waals surface area contributed by atoms with E-state index in [0.717, 1.165) is 18.6 Å². The molecule has 0 spiro atoms. The van der Waals surface area contributed by atoms with E-state index in [-0.39, 0.29) is 12.1 Å². The van der Waals surface area contributed by atoms with Gasteiger partial charge in [-0.1, -0.05) is 34.1 Å². The van der Waals surface area contributed by atoms with E-state index in [4.69, 9.17) is 0 Å². The van der Waals surface area contributed by atoms with E-state index in [1.165, 1.54) is 0 Å². The summed E-state index contributed by atoms with van der Waals surface area (Å²) in [6.45, 7) is 9.01. The summed E-state index contributed by atoms with van der Waals surface area (Å²) in [6.07, 6.45) is 6.61. The predicted molar refractivity (Wildman–Crippen MR) is 77.8 cm³/mol. The van der Waals surface area contributed by atoms with Crippen molar-refractivity contribution in [3.8, 4) is 0 Å². The minimum atomic E-state index is -0.760. The van der Waals surface area contributed by atoms with Gasteiger partial charge in [-0.2, -0.15) is 0 Å². The van der Waals surface area contributed by atoms with Crippen molar-refractivity contribution in [2.24, 2.45) is 0 Å². The van der Waals surface area contributed by atoms with Crippen LogP contribution in [0.1, 0.15) is 40.5 Å². The van der Waals surface area contributed by atoms with Gasteiger partial charge in [0.1, 0.15) is 0 Å². The van der Waals surface area contributed by atoms with Crippen LogP contribution < -0.4 is 5.32 Å². The molecule has 0 saturated carbocycles. The molecule has 0 heterocycles. The third-order valence-electron chi connectivity index (χ3n) is 3.68. The summed E-state index contributed by atoms with van der Waals surface area (Å²) in [4.78, 5) is 0. The molecule has 0 aromatic rings. The molecule has 0 aromatic carbocycles. The molecule has 0 amide bonds. The van der Waals surface area contributed by atoms with Gasteiger partial charge in [-0.3, -0.25) is 0 Å². The van der Waals surface area contributed by atoms with Gasteiger partial charge >= 0.3 is 0 Å². The van der Waals surface area contributed by atoms with Crippen LogP contribution >= 0.6 is 10.0 Å². The first-order valence-electron chi connectivity index (χ1n) is 6.21. The average molecular weight is 249 g/mol. The van der Waals surface area contributed by atoms with Crippen LogP contribution in [0, 0.1) is 0 Å². The maximum absolute atomic E-state index is 10.3. The Kier molecular flexibility index (Phi) is 6.38. The zero-order chi connectivity index (χ0) is 13.0. The van der Waals surface area contributed by atoms with Crippen LogP contribution in [0.3, 0.4) is 0 Å². The Labute approximate surface area is 104 Å². The quantitative estimate of drug-likeness (QED) is 0.758. The van der Waals surface area contributed by atoms with Gasteiger partial charge in [0.05, 0.1) is 6.10 Å². The largest absolute Gasteiger partial charge is 0.391 e. The molecule has 3 heteroatoms. The molecule has 2 unspecified atom stereocenters. The van der Waals surface area contributed by atoms with Gasteiger partial charge in [-0.25, -0.2) is 10.0 Å². The molecule has 0 aliphatic rings. The number of aliphatic hydroxyl groups is 1. The highest BCUT2D eigenvalue weighted by molar-refractivity contribution is 8.33. The van der Waals surface area contributed by atoms with Gasteiger partial charge in [0.15, 0.2) is 0 Å². The molecule has 0 saturated heterocycles. The Hall–Kier alpha value is 0.270. The lowest BCUT2D eigenvalue weighted by Crippen LogP contribution is -2.43. The fraction of sp³-hybridized carbons (Fsp3) is 1.00. The Bertz CT molecular complexity index is 199. The fourth-order valence-corrected chi connectivity index (χ4v) is 3.22. The van der Waals surface area contributed by atoms with Crippen LogP contribution in [0.25, 0.3) is 0 Å². The number of likely N-dealkylation sites (N-methyl/N-ethyl adjacent to an activating group) is 1. The molecule has 0 fully saturated rings. The highest BCUT2D eigenvalue weighted by Crippen LogP contribution is 2.53. The van der Waals surface area contributed by atoms with Crippen LogP contribution in [-0.4, -0.2) is 47.3 Å². The van der Waals surface area contributed by atoms with Crippen molar-refractivity contribution in [3.63, 3.8) is 0 Å². The van der Waals surface area contributed by atoms with Gasteiger partial charge in [0.25, 0.3) is 0 Å². The predicted octanol–water partition coefficient (Wildman–Crippen LogP) is 2.60. The van der Waals surface area contributed by atoms with Crippen LogP contribution in [0.4, 0.5) is 0 Å². The smallest absolute Gasteiger partial charge is 0.0768 e. The van der Waals surface area contributed by atoms with E-state index >= 15 is 0 Å². The van der Waals surface area contributed by atoms with E-state index in [1.54, 1.807) is 0 Å². The molecule has 100 valence electrons. The van der Waals surface area contributed by atoms with Crippen molar-refractivity contribution in [1.29, 1.82) is 0 Å². The molecule has 2 atom stereocenters. The highest BCUT2D eigenvalue weighted by atomic mass is 32.3. The molecule has 0 aliphatic heterocycles. The Balaban J connectivity index is 4.47. The summed E-state index contributed by atoms with van der Waals surface area (Å²) >= 11 is 0. The first-order valence-corrected chi connectivity index (χ1v) is 8.83. The van der Waals surface area contributed by atoms with E-state index in [0.29, 0.717) is 4.75 Å². The van der Waals surface area contributed by atoms with E-state index < -0.39 is 10.0 Å². The summed E-state index contributed by atoms with van der Waals surface area (Å²) in [5.74, 6) is 0.933. The molecule has 0 aromatic heterocycles. The van der Waals surface area contributed by atoms with Gasteiger partial charge in [-0.05, 0) is 30.7 Å². The highest BCUT2D eigenvalue weighted by Gasteiger charge is 2.31. The van der Waals surface area contributed by atoms with Crippen molar-refractivity contribution < 1.29 is 5.11 Å². The Morgan fingerprint density at radius 3 is 2.06 bits per heavy atom. The summed E-state index contributed by atoms with van der Waals surface area (Å²) in [5.41, 5.74) is 0. The Morgan fingerprint density at radius 2 is 1.75 bits per heavy atom. The maximum Gasteiger partial charge on any atom is 0.0768 e. The summed E-state index contributed by atoms with van der Waals surface area (Å²) in [6, 6.07) is 0.249. The van der Waals surface area contributed by atoms with Crippen molar-refractivity contribution in [1.82, 2.24) is 5.32 Å². The van der Waals surface area contributed by atoms with E-state index in [1.807, 2.05) is 7.05 Å². The maximum atomic E-state index is 10.3. The third kappa shape index (κ3) is 4.64. The molecule has 0 bridgehead atoms. The minimum Gasteiger partial charge on any atom is -0.391 e. The second-order valence-corrected chi connectivity index (χ2v) is 10.7.